The van der Waals surface area contributed by atoms with Crippen molar-refractivity contribution in [1.29, 1.82) is 0 Å². The van der Waals surface area contributed by atoms with E-state index in [-0.39, 0.29) is 6.04 Å². The van der Waals surface area contributed by atoms with Crippen LogP contribution in [0.25, 0.3) is 0 Å². The molecule has 0 aliphatic rings. The first kappa shape index (κ1) is 14.2. The molecule has 0 saturated heterocycles. The molecule has 5 nitrogen and oxygen atoms in total. The predicted molar refractivity (Wildman–Crippen MR) is 58.7 cm³/mol. The van der Waals surface area contributed by atoms with Gasteiger partial charge < -0.3 is 20.5 Å². The summed E-state index contributed by atoms with van der Waals surface area (Å²) in [4.78, 5) is 11.4. The zero-order chi connectivity index (χ0) is 11.9. The molecular formula is C10H22N2O3. The minimum absolute atomic E-state index is 0.0974. The van der Waals surface area contributed by atoms with E-state index in [0.29, 0.717) is 19.6 Å². The summed E-state index contributed by atoms with van der Waals surface area (Å²) in [7, 11) is 1.61. The van der Waals surface area contributed by atoms with Gasteiger partial charge in [-0.1, -0.05) is 0 Å². The van der Waals surface area contributed by atoms with Gasteiger partial charge in [-0.25, -0.2) is 4.79 Å². The molecule has 0 aromatic carbocycles. The van der Waals surface area contributed by atoms with Crippen LogP contribution >= 0.6 is 0 Å². The number of amides is 1. The van der Waals surface area contributed by atoms with E-state index in [1.165, 1.54) is 0 Å². The van der Waals surface area contributed by atoms with Crippen LogP contribution in [0.3, 0.4) is 0 Å². The maximum atomic E-state index is 11.4. The number of rotatable bonds is 5. The third kappa shape index (κ3) is 8.20. The number of hydrogen-bond acceptors (Lipinski definition) is 4. The van der Waals surface area contributed by atoms with Gasteiger partial charge in [0.1, 0.15) is 5.60 Å². The van der Waals surface area contributed by atoms with Crippen LogP contribution in [0.1, 0.15) is 27.2 Å². The predicted octanol–water partition coefficient (Wildman–Crippen LogP) is 0.875. The van der Waals surface area contributed by atoms with Crippen molar-refractivity contribution >= 4 is 6.09 Å². The van der Waals surface area contributed by atoms with Crippen molar-refractivity contribution in [3.63, 3.8) is 0 Å². The fourth-order valence-electron chi connectivity index (χ4n) is 0.983. The number of nitrogens with two attached hydrogens (primary N) is 1. The summed E-state index contributed by atoms with van der Waals surface area (Å²) >= 11 is 0. The summed E-state index contributed by atoms with van der Waals surface area (Å²) < 4.78 is 10.0. The molecule has 0 saturated carbocycles. The third-order valence-corrected chi connectivity index (χ3v) is 1.68. The molecule has 1 unspecified atom stereocenters. The molecule has 5 heteroatoms. The van der Waals surface area contributed by atoms with Crippen molar-refractivity contribution in [2.45, 2.75) is 38.8 Å². The Morgan fingerprint density at radius 2 is 2.07 bits per heavy atom. The molecule has 0 radical (unpaired) electrons. The number of ether oxygens (including phenoxy) is 2. The minimum atomic E-state index is -0.482. The van der Waals surface area contributed by atoms with E-state index in [4.69, 9.17) is 15.2 Å². The maximum Gasteiger partial charge on any atom is 0.407 e. The van der Waals surface area contributed by atoms with Gasteiger partial charge in [-0.3, -0.25) is 0 Å². The lowest BCUT2D eigenvalue weighted by atomic mass is 10.2. The first-order valence-corrected chi connectivity index (χ1v) is 5.07. The Morgan fingerprint density at radius 3 is 2.47 bits per heavy atom. The molecule has 0 aromatic heterocycles. The average Bonchev–Trinajstić information content (AvgIpc) is 2.09. The van der Waals surface area contributed by atoms with Gasteiger partial charge in [0.2, 0.25) is 0 Å². The first-order valence-electron chi connectivity index (χ1n) is 5.07. The van der Waals surface area contributed by atoms with Crippen LogP contribution in [0.2, 0.25) is 0 Å². The number of methoxy groups -OCH3 is 1. The smallest absolute Gasteiger partial charge is 0.407 e. The van der Waals surface area contributed by atoms with Gasteiger partial charge in [-0.05, 0) is 27.2 Å². The number of carbonyl (C=O) groups excluding carboxylic acids is 1. The molecule has 90 valence electrons. The largest absolute Gasteiger partial charge is 0.444 e. The second-order valence-electron chi connectivity index (χ2n) is 4.36. The number of alkyl carbamates (subject to hydrolysis) is 1. The summed E-state index contributed by atoms with van der Waals surface area (Å²) in [5, 5.41) is 2.69. The first-order chi connectivity index (χ1) is 6.89. The molecule has 0 bridgehead atoms. The highest BCUT2D eigenvalue weighted by Gasteiger charge is 2.18. The minimum Gasteiger partial charge on any atom is -0.444 e. The fraction of sp³-hybridized carbons (Fsp3) is 0.900. The van der Waals surface area contributed by atoms with E-state index in [9.17, 15) is 4.79 Å². The van der Waals surface area contributed by atoms with Gasteiger partial charge in [0.15, 0.2) is 0 Å². The number of nitrogens with one attached hydrogen (secondary N) is 1. The van der Waals surface area contributed by atoms with Gasteiger partial charge in [-0.15, -0.1) is 0 Å². The van der Waals surface area contributed by atoms with E-state index < -0.39 is 11.7 Å². The molecule has 0 heterocycles. The van der Waals surface area contributed by atoms with Crippen molar-refractivity contribution in [3.05, 3.63) is 0 Å². The zero-order valence-electron chi connectivity index (χ0n) is 10.0. The molecule has 1 atom stereocenters. The SMILES string of the molecule is COCCC(CN)NC(=O)OC(C)(C)C. The van der Waals surface area contributed by atoms with Gasteiger partial charge in [-0.2, -0.15) is 0 Å². The Labute approximate surface area is 91.3 Å². The highest BCUT2D eigenvalue weighted by atomic mass is 16.6. The van der Waals surface area contributed by atoms with Crippen molar-refractivity contribution in [1.82, 2.24) is 5.32 Å². The molecule has 0 rings (SSSR count). The lowest BCUT2D eigenvalue weighted by Crippen LogP contribution is -2.43. The monoisotopic (exact) mass is 218 g/mol. The molecule has 0 aliphatic carbocycles. The highest BCUT2D eigenvalue weighted by molar-refractivity contribution is 5.68. The topological polar surface area (TPSA) is 73.6 Å². The molecule has 0 aromatic rings. The Morgan fingerprint density at radius 1 is 1.47 bits per heavy atom. The zero-order valence-corrected chi connectivity index (χ0v) is 10.0. The summed E-state index contributed by atoms with van der Waals surface area (Å²) in [5.74, 6) is 0. The molecule has 15 heavy (non-hydrogen) atoms. The third-order valence-electron chi connectivity index (χ3n) is 1.68. The van der Waals surface area contributed by atoms with Crippen LogP contribution < -0.4 is 11.1 Å². The average molecular weight is 218 g/mol. The Kier molecular flexibility index (Phi) is 6.27. The molecule has 0 aliphatic heterocycles. The maximum absolute atomic E-state index is 11.4. The van der Waals surface area contributed by atoms with Crippen molar-refractivity contribution in [3.8, 4) is 0 Å². The summed E-state index contributed by atoms with van der Waals surface area (Å²) in [6.45, 7) is 6.40. The van der Waals surface area contributed by atoms with E-state index in [0.717, 1.165) is 0 Å². The summed E-state index contributed by atoms with van der Waals surface area (Å²) in [6, 6.07) is -0.0974. The fourth-order valence-corrected chi connectivity index (χ4v) is 0.983. The van der Waals surface area contributed by atoms with Crippen LogP contribution in [0.5, 0.6) is 0 Å². The van der Waals surface area contributed by atoms with Gasteiger partial charge in [0.25, 0.3) is 0 Å². The summed E-state index contributed by atoms with van der Waals surface area (Å²) in [6.07, 6.45) is 0.251. The number of carbonyl (C=O) groups is 1. The second kappa shape index (κ2) is 6.63. The Balaban J connectivity index is 3.91. The molecular weight excluding hydrogens is 196 g/mol. The highest BCUT2D eigenvalue weighted by Crippen LogP contribution is 2.06. The Hall–Kier alpha value is -0.810. The summed E-state index contributed by atoms with van der Waals surface area (Å²) in [5.41, 5.74) is 5.02. The van der Waals surface area contributed by atoms with Crippen molar-refractivity contribution < 1.29 is 14.3 Å². The lowest BCUT2D eigenvalue weighted by Gasteiger charge is -2.22. The number of hydrogen-bond donors (Lipinski definition) is 2. The molecule has 3 N–H and O–H groups in total. The van der Waals surface area contributed by atoms with Crippen LogP contribution in [0.4, 0.5) is 4.79 Å². The van der Waals surface area contributed by atoms with Crippen molar-refractivity contribution in [2.75, 3.05) is 20.3 Å². The van der Waals surface area contributed by atoms with E-state index in [1.807, 2.05) is 20.8 Å². The van der Waals surface area contributed by atoms with Crippen LogP contribution in [0.15, 0.2) is 0 Å². The van der Waals surface area contributed by atoms with Gasteiger partial charge >= 0.3 is 6.09 Å². The van der Waals surface area contributed by atoms with E-state index in [1.54, 1.807) is 7.11 Å². The van der Waals surface area contributed by atoms with Crippen LogP contribution in [-0.4, -0.2) is 38.0 Å². The second-order valence-corrected chi connectivity index (χ2v) is 4.36. The quantitative estimate of drug-likeness (QED) is 0.718. The van der Waals surface area contributed by atoms with Crippen LogP contribution in [0, 0.1) is 0 Å². The van der Waals surface area contributed by atoms with E-state index >= 15 is 0 Å². The van der Waals surface area contributed by atoms with Crippen LogP contribution in [-0.2, 0) is 9.47 Å². The van der Waals surface area contributed by atoms with Gasteiger partial charge in [0.05, 0.1) is 0 Å². The lowest BCUT2D eigenvalue weighted by molar-refractivity contribution is 0.0495. The Bertz CT molecular complexity index is 190. The molecule has 0 spiro atoms. The van der Waals surface area contributed by atoms with E-state index in [2.05, 4.69) is 5.32 Å². The van der Waals surface area contributed by atoms with Gasteiger partial charge in [0, 0.05) is 26.3 Å². The standard InChI is InChI=1S/C10H22N2O3/c1-10(2,3)15-9(13)12-8(7-11)5-6-14-4/h8H,5-7,11H2,1-4H3,(H,12,13). The normalized spacial score (nSPS) is 13.4. The van der Waals surface area contributed by atoms with Crippen molar-refractivity contribution in [2.24, 2.45) is 5.73 Å². The molecule has 1 amide bonds. The molecule has 0 fully saturated rings.